The molecule has 0 fully saturated rings. The normalized spacial score (nSPS) is 15.0. The van der Waals surface area contributed by atoms with Crippen molar-refractivity contribution in [2.75, 3.05) is 33.0 Å². The van der Waals surface area contributed by atoms with Gasteiger partial charge in [-0.1, -0.05) is 39.5 Å². The van der Waals surface area contributed by atoms with Gasteiger partial charge in [0.25, 0.3) is 15.9 Å². The first-order valence-electron chi connectivity index (χ1n) is 12.4. The minimum Gasteiger partial charge on any atom is -0.481 e. The number of fused-ring (bicyclic) bond motifs is 1. The second-order valence-corrected chi connectivity index (χ2v) is 12.7. The highest BCUT2D eigenvalue weighted by Crippen LogP contribution is 2.52. The monoisotopic (exact) mass is 558 g/mol. The van der Waals surface area contributed by atoms with Gasteiger partial charge >= 0.3 is 7.82 Å². The number of rotatable bonds is 13. The number of carbonyl (C=O) groups excluding carboxylic acids is 1. The molecule has 0 aliphatic carbocycles. The van der Waals surface area contributed by atoms with Crippen LogP contribution in [0.15, 0.2) is 17.0 Å². The van der Waals surface area contributed by atoms with Crippen LogP contribution >= 0.6 is 7.82 Å². The van der Waals surface area contributed by atoms with Crippen LogP contribution in [0.4, 0.5) is 0 Å². The zero-order valence-corrected chi connectivity index (χ0v) is 24.6. The summed E-state index contributed by atoms with van der Waals surface area (Å²) in [6.45, 7) is 16.0. The number of hydrogen-bond donors (Lipinski definition) is 0. The number of benzene rings is 1. The largest absolute Gasteiger partial charge is 0.481 e. The summed E-state index contributed by atoms with van der Waals surface area (Å²) in [6, 6.07) is 2.97. The molecule has 12 heteroatoms. The molecule has 0 atom stereocenters. The zero-order chi connectivity index (χ0) is 28.0. The van der Waals surface area contributed by atoms with Gasteiger partial charge in [-0.2, -0.15) is 0 Å². The summed E-state index contributed by atoms with van der Waals surface area (Å²) >= 11 is 0. The van der Waals surface area contributed by atoms with Gasteiger partial charge in [0.15, 0.2) is 0 Å². The Morgan fingerprint density at radius 1 is 1.00 bits per heavy atom. The predicted octanol–water partition coefficient (Wildman–Crippen LogP) is 4.61. The number of phosphoric acid groups is 1. The van der Waals surface area contributed by atoms with Gasteiger partial charge in [-0.05, 0) is 58.3 Å². The van der Waals surface area contributed by atoms with Gasteiger partial charge in [0.05, 0.1) is 24.3 Å². The van der Waals surface area contributed by atoms with E-state index >= 15 is 0 Å². The second kappa shape index (κ2) is 13.2. The van der Waals surface area contributed by atoms with Gasteiger partial charge < -0.3 is 4.74 Å². The Labute approximate surface area is 221 Å². The summed E-state index contributed by atoms with van der Waals surface area (Å²) in [7, 11) is -8.44. The molecule has 1 aromatic rings. The van der Waals surface area contributed by atoms with Crippen molar-refractivity contribution in [3.63, 3.8) is 0 Å². The molecule has 0 radical (unpaired) electrons. The Hall–Kier alpha value is -1.93. The van der Waals surface area contributed by atoms with E-state index in [0.717, 1.165) is 13.1 Å². The maximum atomic E-state index is 13.4. The van der Waals surface area contributed by atoms with Crippen LogP contribution in [0.3, 0.4) is 0 Å². The molecule has 1 amide bonds. The highest BCUT2D eigenvalue weighted by molar-refractivity contribution is 7.90. The van der Waals surface area contributed by atoms with Crippen molar-refractivity contribution in [1.82, 2.24) is 9.21 Å². The Morgan fingerprint density at radius 2 is 1.59 bits per heavy atom. The van der Waals surface area contributed by atoms with Crippen LogP contribution in [0.5, 0.6) is 5.75 Å². The van der Waals surface area contributed by atoms with E-state index in [0.29, 0.717) is 16.4 Å². The lowest BCUT2D eigenvalue weighted by Crippen LogP contribution is -2.32. The molecule has 0 saturated carbocycles. The molecule has 0 bridgehead atoms. The summed E-state index contributed by atoms with van der Waals surface area (Å²) < 4.78 is 62.0. The molecule has 208 valence electrons. The third-order valence-electron chi connectivity index (χ3n) is 5.38. The van der Waals surface area contributed by atoms with E-state index in [1.807, 2.05) is 13.8 Å². The smallest absolute Gasteiger partial charge is 0.477 e. The Morgan fingerprint density at radius 3 is 2.11 bits per heavy atom. The first-order chi connectivity index (χ1) is 17.3. The summed E-state index contributed by atoms with van der Waals surface area (Å²) in [4.78, 5) is 15.2. The lowest BCUT2D eigenvalue weighted by Gasteiger charge is -2.24. The molecule has 1 aromatic carbocycles. The number of nitrogens with zero attached hydrogens (tertiary/aromatic N) is 2. The first-order valence-corrected chi connectivity index (χ1v) is 15.3. The van der Waals surface area contributed by atoms with Crippen molar-refractivity contribution in [3.05, 3.63) is 23.3 Å². The van der Waals surface area contributed by atoms with Gasteiger partial charge in [0, 0.05) is 6.07 Å². The minimum absolute atomic E-state index is 0.0444. The van der Waals surface area contributed by atoms with Crippen molar-refractivity contribution in [1.29, 1.82) is 0 Å². The molecule has 0 unspecified atom stereocenters. The van der Waals surface area contributed by atoms with E-state index in [1.54, 1.807) is 33.8 Å². The number of phosphoric ester groups is 1. The Bertz CT molecular complexity index is 1150. The highest BCUT2D eigenvalue weighted by atomic mass is 32.2. The number of sulfonamides is 1. The van der Waals surface area contributed by atoms with Crippen molar-refractivity contribution in [3.8, 4) is 17.6 Å². The highest BCUT2D eigenvalue weighted by Gasteiger charge is 2.45. The van der Waals surface area contributed by atoms with Crippen molar-refractivity contribution >= 4 is 23.8 Å². The molecular weight excluding hydrogens is 519 g/mol. The van der Waals surface area contributed by atoms with Crippen LogP contribution in [-0.4, -0.2) is 68.7 Å². The van der Waals surface area contributed by atoms with Crippen molar-refractivity contribution in [2.45, 2.75) is 78.4 Å². The zero-order valence-electron chi connectivity index (χ0n) is 22.9. The van der Waals surface area contributed by atoms with Crippen LogP contribution in [0, 0.1) is 11.8 Å². The number of amides is 1. The van der Waals surface area contributed by atoms with Crippen LogP contribution in [-0.2, 0) is 28.2 Å². The molecule has 0 N–H and O–H groups in total. The predicted molar refractivity (Wildman–Crippen MR) is 141 cm³/mol. The quantitative estimate of drug-likeness (QED) is 0.253. The summed E-state index contributed by atoms with van der Waals surface area (Å²) in [5, 5.41) is 0. The van der Waals surface area contributed by atoms with Crippen LogP contribution in [0.1, 0.15) is 77.2 Å². The Balaban J connectivity index is 2.31. The van der Waals surface area contributed by atoms with Gasteiger partial charge in [-0.3, -0.25) is 23.3 Å². The molecule has 10 nitrogen and oxygen atoms in total. The fourth-order valence-electron chi connectivity index (χ4n) is 3.57. The first kappa shape index (κ1) is 31.3. The van der Waals surface area contributed by atoms with E-state index in [1.165, 1.54) is 6.07 Å². The van der Waals surface area contributed by atoms with Gasteiger partial charge in [0.2, 0.25) is 0 Å². The molecule has 0 spiro atoms. The number of ether oxygens (including phenoxy) is 1. The van der Waals surface area contributed by atoms with E-state index < -0.39 is 42.7 Å². The van der Waals surface area contributed by atoms with Gasteiger partial charge in [0.1, 0.15) is 24.0 Å². The van der Waals surface area contributed by atoms with Gasteiger partial charge in [-0.25, -0.2) is 17.3 Å². The van der Waals surface area contributed by atoms with E-state index in [2.05, 4.69) is 30.6 Å². The topological polar surface area (TPSA) is 112 Å². The maximum Gasteiger partial charge on any atom is 0.477 e. The molecule has 1 heterocycles. The molecule has 37 heavy (non-hydrogen) atoms. The van der Waals surface area contributed by atoms with Crippen LogP contribution < -0.4 is 4.74 Å². The SMILES string of the molecule is CCN(CC)CC#CCOc1cc(C(C)C)c2c(c1)S(=O)(=O)N(COP(=O)(OC(C)C)OC(C)C)C2=O. The fraction of sp³-hybridized carbons (Fsp3) is 0.640. The van der Waals surface area contributed by atoms with E-state index in [9.17, 15) is 17.8 Å². The van der Waals surface area contributed by atoms with Crippen LogP contribution in [0.2, 0.25) is 0 Å². The lowest BCUT2D eigenvalue weighted by atomic mass is 9.96. The average Bonchev–Trinajstić information content (AvgIpc) is 2.98. The third-order valence-corrected chi connectivity index (χ3v) is 8.90. The van der Waals surface area contributed by atoms with E-state index in [-0.39, 0.29) is 28.7 Å². The molecule has 1 aliphatic heterocycles. The molecule has 0 saturated heterocycles. The lowest BCUT2D eigenvalue weighted by molar-refractivity contribution is 0.0496. The fourth-order valence-corrected chi connectivity index (χ4v) is 6.58. The van der Waals surface area contributed by atoms with Crippen LogP contribution in [0.25, 0.3) is 0 Å². The third kappa shape index (κ3) is 8.03. The Kier molecular flexibility index (Phi) is 11.2. The molecular formula is C25H39N2O8PS. The van der Waals surface area contributed by atoms with E-state index in [4.69, 9.17) is 18.3 Å². The standard InChI is InChI=1S/C25H39N2O8PS/c1-9-26(10-2)13-11-12-14-32-21-15-22(18(3)4)24-23(16-21)37(30,31)27(25(24)28)17-33-36(29,34-19(5)6)35-20(7)8/h15-16,18-20H,9-10,13-14,17H2,1-8H3. The molecule has 0 aromatic heterocycles. The van der Waals surface area contributed by atoms with Crippen molar-refractivity contribution in [2.24, 2.45) is 0 Å². The minimum atomic E-state index is -4.30. The van der Waals surface area contributed by atoms with Crippen molar-refractivity contribution < 1.29 is 36.1 Å². The van der Waals surface area contributed by atoms with Gasteiger partial charge in [-0.15, -0.1) is 0 Å². The maximum absolute atomic E-state index is 13.4. The molecule has 1 aliphatic rings. The second-order valence-electron chi connectivity index (χ2n) is 9.32. The average molecular weight is 559 g/mol. The summed E-state index contributed by atoms with van der Waals surface area (Å²) in [5.41, 5.74) is 0.558. The summed E-state index contributed by atoms with van der Waals surface area (Å²) in [5.74, 6) is 5.31. The summed E-state index contributed by atoms with van der Waals surface area (Å²) in [6.07, 6.45) is -1.04. The molecule has 2 rings (SSSR count). The number of hydrogen-bond acceptors (Lipinski definition) is 9. The number of carbonyl (C=O) groups is 1.